The Morgan fingerprint density at radius 3 is 2.54 bits per heavy atom. The topological polar surface area (TPSA) is 67.3 Å². The smallest absolute Gasteiger partial charge is 0.236 e. The van der Waals surface area contributed by atoms with E-state index in [9.17, 15) is 17.6 Å². The molecule has 2 heterocycles. The lowest BCUT2D eigenvalue weighted by Gasteiger charge is -2.31. The molecule has 0 aliphatic carbocycles. The van der Waals surface area contributed by atoms with Gasteiger partial charge in [-0.1, -0.05) is 18.2 Å². The van der Waals surface area contributed by atoms with E-state index in [0.717, 1.165) is 0 Å². The quantitative estimate of drug-likeness (QED) is 0.804. The molecule has 2 atom stereocenters. The fourth-order valence-corrected chi connectivity index (χ4v) is 5.15. The number of carbonyl (C=O) groups is 1. The molecule has 1 amide bonds. The van der Waals surface area contributed by atoms with Crippen LogP contribution < -0.4 is 0 Å². The zero-order valence-corrected chi connectivity index (χ0v) is 15.3. The van der Waals surface area contributed by atoms with Gasteiger partial charge in [0.05, 0.1) is 17.2 Å². The van der Waals surface area contributed by atoms with Crippen molar-refractivity contribution < 1.29 is 17.6 Å². The van der Waals surface area contributed by atoms with Crippen molar-refractivity contribution in [1.82, 2.24) is 9.88 Å². The highest BCUT2D eigenvalue weighted by Crippen LogP contribution is 2.28. The molecule has 0 spiro atoms. The molecule has 1 aliphatic heterocycles. The Bertz CT molecular complexity index is 869. The number of pyridine rings is 1. The van der Waals surface area contributed by atoms with Crippen molar-refractivity contribution in [2.24, 2.45) is 0 Å². The molecule has 0 N–H and O–H groups in total. The van der Waals surface area contributed by atoms with Crippen molar-refractivity contribution in [2.75, 3.05) is 18.1 Å². The molecule has 0 bridgehead atoms. The van der Waals surface area contributed by atoms with Gasteiger partial charge in [0.2, 0.25) is 5.91 Å². The van der Waals surface area contributed by atoms with Crippen molar-refractivity contribution in [3.63, 3.8) is 0 Å². The minimum Gasteiger partial charge on any atom is -0.338 e. The maximum Gasteiger partial charge on any atom is 0.236 e. The molecule has 1 aliphatic rings. The Kier molecular flexibility index (Phi) is 5.36. The Morgan fingerprint density at radius 1 is 1.27 bits per heavy atom. The highest BCUT2D eigenvalue weighted by atomic mass is 32.2. The molecule has 2 unspecified atom stereocenters. The number of benzene rings is 1. The first-order valence-corrected chi connectivity index (χ1v) is 10.4. The first kappa shape index (κ1) is 18.5. The maximum atomic E-state index is 13.4. The maximum absolute atomic E-state index is 13.4. The van der Waals surface area contributed by atoms with Crippen molar-refractivity contribution in [1.29, 1.82) is 0 Å². The molecule has 1 aromatic carbocycles. The number of nitrogens with zero attached hydrogens (tertiary/aromatic N) is 2. The van der Waals surface area contributed by atoms with Crippen LogP contribution in [0.5, 0.6) is 0 Å². The van der Waals surface area contributed by atoms with Crippen molar-refractivity contribution in [3.05, 3.63) is 65.7 Å². The number of hydrogen-bond acceptors (Lipinski definition) is 4. The van der Waals surface area contributed by atoms with Crippen LogP contribution >= 0.6 is 0 Å². The minimum absolute atomic E-state index is 0.00899. The van der Waals surface area contributed by atoms with Gasteiger partial charge < -0.3 is 4.90 Å². The summed E-state index contributed by atoms with van der Waals surface area (Å²) < 4.78 is 37.0. The third kappa shape index (κ3) is 3.93. The minimum atomic E-state index is -3.10. The first-order chi connectivity index (χ1) is 12.4. The lowest BCUT2D eigenvalue weighted by atomic mass is 9.93. The number of amides is 1. The predicted octanol–water partition coefficient (Wildman–Crippen LogP) is 2.39. The normalized spacial score (nSPS) is 19.8. The summed E-state index contributed by atoms with van der Waals surface area (Å²) in [6, 6.07) is 10.8. The number of likely N-dealkylation sites (N-methyl/N-ethyl adjacent to an activating group) is 1. The van der Waals surface area contributed by atoms with Gasteiger partial charge in [0.25, 0.3) is 0 Å². The summed E-state index contributed by atoms with van der Waals surface area (Å²) >= 11 is 0. The molecular formula is C19H21FN2O3S. The van der Waals surface area contributed by atoms with E-state index >= 15 is 0 Å². The van der Waals surface area contributed by atoms with Gasteiger partial charge in [-0.25, -0.2) is 12.8 Å². The lowest BCUT2D eigenvalue weighted by Crippen LogP contribution is -2.43. The molecular weight excluding hydrogens is 355 g/mol. The van der Waals surface area contributed by atoms with E-state index in [1.807, 2.05) is 6.92 Å². The second-order valence-electron chi connectivity index (χ2n) is 6.42. The van der Waals surface area contributed by atoms with Gasteiger partial charge in [-0.2, -0.15) is 0 Å². The molecule has 0 radical (unpaired) electrons. The van der Waals surface area contributed by atoms with Crippen molar-refractivity contribution in [2.45, 2.75) is 25.3 Å². The third-order valence-corrected chi connectivity index (χ3v) is 6.46. The molecule has 26 heavy (non-hydrogen) atoms. The van der Waals surface area contributed by atoms with E-state index in [1.54, 1.807) is 41.4 Å². The van der Waals surface area contributed by atoms with E-state index in [0.29, 0.717) is 24.2 Å². The molecule has 7 heteroatoms. The van der Waals surface area contributed by atoms with Crippen LogP contribution in [0.1, 0.15) is 30.5 Å². The predicted molar refractivity (Wildman–Crippen MR) is 96.9 cm³/mol. The summed E-state index contributed by atoms with van der Waals surface area (Å²) in [6.45, 7) is 2.24. The number of hydrogen-bond donors (Lipinski definition) is 0. The average molecular weight is 376 g/mol. The largest absolute Gasteiger partial charge is 0.338 e. The van der Waals surface area contributed by atoms with E-state index in [1.165, 1.54) is 12.1 Å². The van der Waals surface area contributed by atoms with Gasteiger partial charge >= 0.3 is 0 Å². The van der Waals surface area contributed by atoms with Crippen LogP contribution in [0, 0.1) is 5.82 Å². The summed E-state index contributed by atoms with van der Waals surface area (Å²) in [7, 11) is -3.10. The number of carbonyl (C=O) groups excluding carboxylic acids is 1. The van der Waals surface area contributed by atoms with Crippen LogP contribution in [0.25, 0.3) is 0 Å². The Morgan fingerprint density at radius 2 is 2.00 bits per heavy atom. The Hall–Kier alpha value is -2.28. The molecule has 1 fully saturated rings. The molecule has 5 nitrogen and oxygen atoms in total. The summed E-state index contributed by atoms with van der Waals surface area (Å²) in [4.78, 5) is 19.3. The molecule has 2 aromatic rings. The van der Waals surface area contributed by atoms with E-state index in [2.05, 4.69) is 4.98 Å². The van der Waals surface area contributed by atoms with Crippen LogP contribution in [-0.4, -0.2) is 48.3 Å². The van der Waals surface area contributed by atoms with Gasteiger partial charge in [0.15, 0.2) is 9.84 Å². The Balaban J connectivity index is 1.97. The second-order valence-corrected chi connectivity index (χ2v) is 8.65. The van der Waals surface area contributed by atoms with Crippen LogP contribution in [-0.2, 0) is 14.6 Å². The van der Waals surface area contributed by atoms with E-state index in [-0.39, 0.29) is 29.3 Å². The molecule has 1 aromatic heterocycles. The van der Waals surface area contributed by atoms with Crippen molar-refractivity contribution >= 4 is 15.7 Å². The zero-order chi connectivity index (χ0) is 18.7. The van der Waals surface area contributed by atoms with Crippen molar-refractivity contribution in [3.8, 4) is 0 Å². The highest BCUT2D eigenvalue weighted by molar-refractivity contribution is 7.91. The number of sulfone groups is 1. The average Bonchev–Trinajstić information content (AvgIpc) is 2.98. The van der Waals surface area contributed by atoms with E-state index < -0.39 is 15.8 Å². The standard InChI is InChI=1S/C19H21FN2O3S/c1-2-22(16-10-12-26(24,25)13-16)19(23)18(17-5-3-4-11-21-17)14-6-8-15(20)9-7-14/h3-9,11,16,18H,2,10,12-13H2,1H3. The number of rotatable bonds is 5. The molecule has 1 saturated heterocycles. The van der Waals surface area contributed by atoms with Gasteiger partial charge in [0, 0.05) is 18.8 Å². The summed E-state index contributed by atoms with van der Waals surface area (Å²) in [6.07, 6.45) is 2.05. The zero-order valence-electron chi connectivity index (χ0n) is 14.5. The van der Waals surface area contributed by atoms with Gasteiger partial charge in [-0.15, -0.1) is 0 Å². The fraction of sp³-hybridized carbons (Fsp3) is 0.368. The third-order valence-electron chi connectivity index (χ3n) is 4.71. The fourth-order valence-electron chi connectivity index (χ4n) is 3.42. The second kappa shape index (κ2) is 7.53. The summed E-state index contributed by atoms with van der Waals surface area (Å²) in [5.41, 5.74) is 1.19. The summed E-state index contributed by atoms with van der Waals surface area (Å²) in [5.74, 6) is -1.19. The van der Waals surface area contributed by atoms with Crippen LogP contribution in [0.4, 0.5) is 4.39 Å². The molecule has 3 rings (SSSR count). The van der Waals surface area contributed by atoms with E-state index in [4.69, 9.17) is 0 Å². The monoisotopic (exact) mass is 376 g/mol. The summed E-state index contributed by atoms with van der Waals surface area (Å²) in [5, 5.41) is 0. The van der Waals surface area contributed by atoms with Crippen LogP contribution in [0.3, 0.4) is 0 Å². The molecule has 138 valence electrons. The Labute approximate surface area is 152 Å². The molecule has 0 saturated carbocycles. The first-order valence-electron chi connectivity index (χ1n) is 8.58. The number of aromatic nitrogens is 1. The van der Waals surface area contributed by atoms with Gasteiger partial charge in [-0.05, 0) is 43.2 Å². The lowest BCUT2D eigenvalue weighted by molar-refractivity contribution is -0.133. The van der Waals surface area contributed by atoms with Gasteiger partial charge in [0.1, 0.15) is 11.7 Å². The van der Waals surface area contributed by atoms with Gasteiger partial charge in [-0.3, -0.25) is 9.78 Å². The highest BCUT2D eigenvalue weighted by Gasteiger charge is 2.37. The van der Waals surface area contributed by atoms with Crippen LogP contribution in [0.15, 0.2) is 48.7 Å². The number of halogens is 1. The van der Waals surface area contributed by atoms with Crippen LogP contribution in [0.2, 0.25) is 0 Å². The SMILES string of the molecule is CCN(C(=O)C(c1ccc(F)cc1)c1ccccn1)C1CCS(=O)(=O)C1.